The van der Waals surface area contributed by atoms with Crippen molar-refractivity contribution in [2.75, 3.05) is 12.8 Å². The summed E-state index contributed by atoms with van der Waals surface area (Å²) in [6.07, 6.45) is 0. The molecule has 0 saturated carbocycles. The molecular formula is C11H15FN4OS. The number of hydrazone groups is 1. The van der Waals surface area contributed by atoms with Crippen LogP contribution in [-0.4, -0.2) is 28.8 Å². The molecule has 0 heterocycles. The number of amides is 1. The van der Waals surface area contributed by atoms with Gasteiger partial charge < -0.3 is 16.5 Å². The number of halogens is 1. The summed E-state index contributed by atoms with van der Waals surface area (Å²) in [4.78, 5) is 13.1. The van der Waals surface area contributed by atoms with Crippen LogP contribution < -0.4 is 11.6 Å². The van der Waals surface area contributed by atoms with Crippen molar-refractivity contribution < 1.29 is 9.18 Å². The van der Waals surface area contributed by atoms with Gasteiger partial charge in [0.15, 0.2) is 5.17 Å². The van der Waals surface area contributed by atoms with Crippen molar-refractivity contribution in [2.45, 2.75) is 6.54 Å². The second-order valence-corrected chi connectivity index (χ2v) is 4.59. The van der Waals surface area contributed by atoms with Crippen LogP contribution in [0.5, 0.6) is 0 Å². The van der Waals surface area contributed by atoms with Gasteiger partial charge in [0.2, 0.25) is 5.91 Å². The predicted molar refractivity (Wildman–Crippen MR) is 71.1 cm³/mol. The Bertz CT molecular complexity index is 452. The average molecular weight is 270 g/mol. The van der Waals surface area contributed by atoms with E-state index < -0.39 is 0 Å². The number of nitrogens with two attached hydrogens (primary N) is 2. The minimum atomic E-state index is -0.326. The van der Waals surface area contributed by atoms with E-state index in [0.717, 1.165) is 11.8 Å². The van der Waals surface area contributed by atoms with Crippen molar-refractivity contribution >= 4 is 22.8 Å². The maximum atomic E-state index is 13.4. The van der Waals surface area contributed by atoms with Gasteiger partial charge in [0.05, 0.1) is 5.75 Å². The lowest BCUT2D eigenvalue weighted by atomic mass is 10.2. The summed E-state index contributed by atoms with van der Waals surface area (Å²) in [5, 5.41) is 3.39. The van der Waals surface area contributed by atoms with Crippen LogP contribution in [0.4, 0.5) is 4.39 Å². The molecular weight excluding hydrogens is 255 g/mol. The molecule has 0 bridgehead atoms. The van der Waals surface area contributed by atoms with E-state index in [1.165, 1.54) is 11.0 Å². The molecule has 1 aromatic carbocycles. The summed E-state index contributed by atoms with van der Waals surface area (Å²) >= 11 is 1.05. The molecule has 0 atom stereocenters. The van der Waals surface area contributed by atoms with Crippen LogP contribution in [0, 0.1) is 5.82 Å². The number of amidine groups is 1. The highest BCUT2D eigenvalue weighted by molar-refractivity contribution is 8.14. The molecule has 0 spiro atoms. The van der Waals surface area contributed by atoms with E-state index >= 15 is 0 Å². The molecule has 5 nitrogen and oxygen atoms in total. The van der Waals surface area contributed by atoms with Gasteiger partial charge in [-0.15, -0.1) is 0 Å². The quantitative estimate of drug-likeness (QED) is 0.365. The molecule has 1 rings (SSSR count). The van der Waals surface area contributed by atoms with Crippen molar-refractivity contribution in [2.24, 2.45) is 16.7 Å². The second-order valence-electron chi connectivity index (χ2n) is 3.60. The summed E-state index contributed by atoms with van der Waals surface area (Å²) in [6, 6.07) is 6.34. The maximum absolute atomic E-state index is 13.4. The molecule has 98 valence electrons. The first-order valence-corrected chi connectivity index (χ1v) is 6.16. The third-order valence-electron chi connectivity index (χ3n) is 2.26. The molecule has 18 heavy (non-hydrogen) atoms. The van der Waals surface area contributed by atoms with Gasteiger partial charge in [-0.2, -0.15) is 5.10 Å². The molecule has 1 amide bonds. The Morgan fingerprint density at radius 3 is 2.78 bits per heavy atom. The number of benzene rings is 1. The molecule has 0 aliphatic carbocycles. The van der Waals surface area contributed by atoms with Crippen LogP contribution in [0.1, 0.15) is 5.56 Å². The molecule has 0 aliphatic heterocycles. The molecule has 1 aromatic rings. The van der Waals surface area contributed by atoms with Gasteiger partial charge in [-0.25, -0.2) is 4.39 Å². The van der Waals surface area contributed by atoms with Crippen LogP contribution in [-0.2, 0) is 11.3 Å². The molecule has 0 saturated heterocycles. The van der Waals surface area contributed by atoms with Crippen LogP contribution in [0.2, 0.25) is 0 Å². The van der Waals surface area contributed by atoms with Gasteiger partial charge in [0.1, 0.15) is 5.82 Å². The van der Waals surface area contributed by atoms with E-state index in [1.54, 1.807) is 25.2 Å². The summed E-state index contributed by atoms with van der Waals surface area (Å²) in [7, 11) is 1.60. The minimum Gasteiger partial charge on any atom is -0.377 e. The highest BCUT2D eigenvalue weighted by Crippen LogP contribution is 2.10. The molecule has 7 heteroatoms. The largest absolute Gasteiger partial charge is 0.377 e. The van der Waals surface area contributed by atoms with Crippen molar-refractivity contribution in [3.63, 3.8) is 0 Å². The Hall–Kier alpha value is -1.76. The van der Waals surface area contributed by atoms with E-state index in [1.807, 2.05) is 0 Å². The van der Waals surface area contributed by atoms with Gasteiger partial charge in [-0.1, -0.05) is 30.0 Å². The molecule has 0 radical (unpaired) electrons. The number of nitrogens with zero attached hydrogens (tertiary/aromatic N) is 2. The first-order valence-electron chi connectivity index (χ1n) is 5.18. The maximum Gasteiger partial charge on any atom is 0.233 e. The zero-order valence-corrected chi connectivity index (χ0v) is 10.8. The number of hydrogen-bond donors (Lipinski definition) is 2. The lowest BCUT2D eigenvalue weighted by molar-refractivity contribution is -0.127. The Morgan fingerprint density at radius 1 is 1.50 bits per heavy atom. The highest BCUT2D eigenvalue weighted by atomic mass is 32.2. The Morgan fingerprint density at radius 2 is 2.17 bits per heavy atom. The normalized spacial score (nSPS) is 11.3. The van der Waals surface area contributed by atoms with E-state index in [9.17, 15) is 9.18 Å². The molecule has 0 aromatic heterocycles. The fraction of sp³-hybridized carbons (Fsp3) is 0.273. The zero-order chi connectivity index (χ0) is 13.5. The third-order valence-corrected chi connectivity index (χ3v) is 3.05. The van der Waals surface area contributed by atoms with E-state index in [0.29, 0.717) is 5.56 Å². The second kappa shape index (κ2) is 6.85. The molecule has 0 unspecified atom stereocenters. The van der Waals surface area contributed by atoms with E-state index in [2.05, 4.69) is 5.10 Å². The fourth-order valence-corrected chi connectivity index (χ4v) is 1.82. The first-order chi connectivity index (χ1) is 8.54. The van der Waals surface area contributed by atoms with Gasteiger partial charge >= 0.3 is 0 Å². The van der Waals surface area contributed by atoms with Crippen molar-refractivity contribution in [3.05, 3.63) is 35.6 Å². The SMILES string of the molecule is CN(Cc1ccccc1F)C(=O)CSC(N)=NN. The topological polar surface area (TPSA) is 84.7 Å². The number of carbonyl (C=O) groups excluding carboxylic acids is 1. The van der Waals surface area contributed by atoms with Gasteiger partial charge in [-0.05, 0) is 6.07 Å². The van der Waals surface area contributed by atoms with Crippen molar-refractivity contribution in [1.82, 2.24) is 4.90 Å². The number of rotatable bonds is 4. The van der Waals surface area contributed by atoms with Crippen LogP contribution in [0.15, 0.2) is 29.4 Å². The standard InChI is InChI=1S/C11H15FN4OS/c1-16(10(17)7-18-11(13)15-14)6-8-4-2-3-5-9(8)12/h2-5H,6-7,14H2,1H3,(H2,13,15). The number of carbonyl (C=O) groups is 1. The summed E-state index contributed by atoms with van der Waals surface area (Å²) in [6.45, 7) is 0.214. The zero-order valence-electron chi connectivity index (χ0n) is 9.97. The van der Waals surface area contributed by atoms with E-state index in [-0.39, 0.29) is 29.2 Å². The van der Waals surface area contributed by atoms with Gasteiger partial charge in [-0.3, -0.25) is 4.79 Å². The van der Waals surface area contributed by atoms with Gasteiger partial charge in [0, 0.05) is 19.2 Å². The summed E-state index contributed by atoms with van der Waals surface area (Å²) in [5.74, 6) is 4.57. The van der Waals surface area contributed by atoms with Crippen molar-refractivity contribution in [1.29, 1.82) is 0 Å². The van der Waals surface area contributed by atoms with Crippen LogP contribution >= 0.6 is 11.8 Å². The fourth-order valence-electron chi connectivity index (χ4n) is 1.25. The van der Waals surface area contributed by atoms with Crippen LogP contribution in [0.3, 0.4) is 0 Å². The van der Waals surface area contributed by atoms with Crippen LogP contribution in [0.25, 0.3) is 0 Å². The lowest BCUT2D eigenvalue weighted by Crippen LogP contribution is -2.29. The molecule has 0 aliphatic rings. The Labute approximate surface area is 109 Å². The Balaban J connectivity index is 2.53. The Kier molecular flexibility index (Phi) is 5.44. The average Bonchev–Trinajstić information content (AvgIpc) is 2.38. The predicted octanol–water partition coefficient (Wildman–Crippen LogP) is 0.706. The smallest absolute Gasteiger partial charge is 0.233 e. The third kappa shape index (κ3) is 4.25. The molecule has 4 N–H and O–H groups in total. The summed E-state index contributed by atoms with van der Waals surface area (Å²) in [5.41, 5.74) is 5.83. The lowest BCUT2D eigenvalue weighted by Gasteiger charge is -2.17. The van der Waals surface area contributed by atoms with Crippen molar-refractivity contribution in [3.8, 4) is 0 Å². The first kappa shape index (κ1) is 14.3. The number of hydrogen-bond acceptors (Lipinski definition) is 4. The van der Waals surface area contributed by atoms with E-state index in [4.69, 9.17) is 11.6 Å². The number of thioether (sulfide) groups is 1. The monoisotopic (exact) mass is 270 g/mol. The highest BCUT2D eigenvalue weighted by Gasteiger charge is 2.12. The molecule has 0 fully saturated rings. The summed E-state index contributed by atoms with van der Waals surface area (Å²) < 4.78 is 13.4. The minimum absolute atomic E-state index is 0.123. The van der Waals surface area contributed by atoms with Gasteiger partial charge in [0.25, 0.3) is 0 Å².